The molecule has 5 rings (SSSR count). The van der Waals surface area contributed by atoms with E-state index in [0.717, 1.165) is 16.5 Å². The minimum absolute atomic E-state index is 0.0458. The lowest BCUT2D eigenvalue weighted by Gasteiger charge is -2.42. The zero-order valence-electron chi connectivity index (χ0n) is 19.6. The van der Waals surface area contributed by atoms with Crippen LogP contribution in [-0.2, 0) is 22.6 Å². The third kappa shape index (κ3) is 4.59. The number of hydrogen-bond donors (Lipinski definition) is 2. The van der Waals surface area contributed by atoms with Gasteiger partial charge in [0.25, 0.3) is 0 Å². The van der Waals surface area contributed by atoms with E-state index in [1.807, 2.05) is 73.3 Å². The molecule has 1 aromatic heterocycles. The third-order valence-electron chi connectivity index (χ3n) is 6.59. The van der Waals surface area contributed by atoms with Gasteiger partial charge in [-0.3, -0.25) is 14.5 Å². The van der Waals surface area contributed by atoms with Gasteiger partial charge in [-0.2, -0.15) is 0 Å². The SMILES string of the molecule is CC(C)[C@@H]1Nc2nc(nc3ccccc23)CN2CCN(C(=O)Cc3ccccc3)CC2NC1=O. The lowest BCUT2D eigenvalue weighted by atomic mass is 10.0. The van der Waals surface area contributed by atoms with Crippen LogP contribution in [0.1, 0.15) is 25.2 Å². The molecule has 1 saturated heterocycles. The first-order valence-electron chi connectivity index (χ1n) is 11.9. The molecule has 34 heavy (non-hydrogen) atoms. The molecule has 3 heterocycles. The van der Waals surface area contributed by atoms with Crippen LogP contribution in [0.15, 0.2) is 54.6 Å². The van der Waals surface area contributed by atoms with E-state index < -0.39 is 6.04 Å². The van der Waals surface area contributed by atoms with Gasteiger partial charge in [0.2, 0.25) is 11.8 Å². The molecule has 8 nitrogen and oxygen atoms in total. The van der Waals surface area contributed by atoms with Gasteiger partial charge in [-0.1, -0.05) is 56.3 Å². The highest BCUT2D eigenvalue weighted by Crippen LogP contribution is 2.24. The van der Waals surface area contributed by atoms with Gasteiger partial charge >= 0.3 is 0 Å². The highest BCUT2D eigenvalue weighted by Gasteiger charge is 2.34. The Kier molecular flexibility index (Phi) is 6.15. The molecule has 176 valence electrons. The molecular formula is C26H30N6O2. The zero-order chi connectivity index (χ0) is 23.7. The summed E-state index contributed by atoms with van der Waals surface area (Å²) in [7, 11) is 0. The molecule has 2 atom stereocenters. The normalized spacial score (nSPS) is 21.0. The summed E-state index contributed by atoms with van der Waals surface area (Å²) in [5.74, 6) is 1.41. The second-order valence-electron chi connectivity index (χ2n) is 9.37. The van der Waals surface area contributed by atoms with Gasteiger partial charge in [0.1, 0.15) is 23.8 Å². The van der Waals surface area contributed by atoms with Crippen molar-refractivity contribution in [2.45, 2.75) is 39.0 Å². The maximum atomic E-state index is 13.4. The molecule has 0 saturated carbocycles. The van der Waals surface area contributed by atoms with Crippen molar-refractivity contribution in [2.24, 2.45) is 5.92 Å². The molecule has 2 N–H and O–H groups in total. The van der Waals surface area contributed by atoms with Crippen molar-refractivity contribution in [3.8, 4) is 0 Å². The second kappa shape index (κ2) is 9.38. The first kappa shape index (κ1) is 22.3. The Morgan fingerprint density at radius 2 is 1.79 bits per heavy atom. The highest BCUT2D eigenvalue weighted by molar-refractivity contribution is 5.92. The van der Waals surface area contributed by atoms with Crippen LogP contribution in [0.4, 0.5) is 5.82 Å². The standard InChI is InChI=1S/C26H30N6O2/c1-17(2)24-26(34)29-22-16-32(23(33)14-18-8-4-3-5-9-18)13-12-31(22)15-21-27-20-11-7-6-10-19(20)25(28-21)30-24/h3-11,17,22,24H,12-16H2,1-2H3,(H,29,34)(H,27,28,30)/t22?,24-/m0/s1. The van der Waals surface area contributed by atoms with Crippen LogP contribution >= 0.6 is 0 Å². The third-order valence-corrected chi connectivity index (χ3v) is 6.59. The molecule has 0 spiro atoms. The molecule has 0 radical (unpaired) electrons. The second-order valence-corrected chi connectivity index (χ2v) is 9.37. The van der Waals surface area contributed by atoms with Crippen LogP contribution in [0.2, 0.25) is 0 Å². The molecule has 2 bridgehead atoms. The van der Waals surface area contributed by atoms with E-state index in [-0.39, 0.29) is 23.9 Å². The van der Waals surface area contributed by atoms with Crippen LogP contribution in [0.5, 0.6) is 0 Å². The molecule has 2 amide bonds. The monoisotopic (exact) mass is 458 g/mol. The number of anilines is 1. The highest BCUT2D eigenvalue weighted by atomic mass is 16.2. The summed E-state index contributed by atoms with van der Waals surface area (Å²) in [6.07, 6.45) is 0.0510. The summed E-state index contributed by atoms with van der Waals surface area (Å²) >= 11 is 0. The fraction of sp³-hybridized carbons (Fsp3) is 0.385. The number of carbonyl (C=O) groups excluding carboxylic acids is 2. The number of nitrogens with one attached hydrogen (secondary N) is 2. The Labute approximate surface area is 199 Å². The predicted octanol–water partition coefficient (Wildman–Crippen LogP) is 2.41. The fourth-order valence-electron chi connectivity index (χ4n) is 4.68. The van der Waals surface area contributed by atoms with Gasteiger partial charge in [0, 0.05) is 18.5 Å². The van der Waals surface area contributed by atoms with E-state index in [2.05, 4.69) is 15.5 Å². The molecule has 1 fully saturated rings. The van der Waals surface area contributed by atoms with Crippen molar-refractivity contribution >= 4 is 28.5 Å². The van der Waals surface area contributed by atoms with Crippen molar-refractivity contribution in [1.82, 2.24) is 25.1 Å². The Bertz CT molecular complexity index is 1200. The van der Waals surface area contributed by atoms with Crippen molar-refractivity contribution < 1.29 is 9.59 Å². The number of rotatable bonds is 3. The molecule has 0 aliphatic carbocycles. The first-order valence-corrected chi connectivity index (χ1v) is 11.9. The van der Waals surface area contributed by atoms with E-state index >= 15 is 0 Å². The predicted molar refractivity (Wildman–Crippen MR) is 131 cm³/mol. The summed E-state index contributed by atoms with van der Waals surface area (Å²) in [4.78, 5) is 40.0. The molecule has 8 heteroatoms. The van der Waals surface area contributed by atoms with Crippen molar-refractivity contribution in [3.05, 3.63) is 66.0 Å². The average molecular weight is 459 g/mol. The summed E-state index contributed by atoms with van der Waals surface area (Å²) in [5, 5.41) is 7.48. The summed E-state index contributed by atoms with van der Waals surface area (Å²) in [6, 6.07) is 17.2. The van der Waals surface area contributed by atoms with Crippen LogP contribution in [0, 0.1) is 5.92 Å². The number of carbonyl (C=O) groups is 2. The number of para-hydroxylation sites is 1. The average Bonchev–Trinajstić information content (AvgIpc) is 2.83. The topological polar surface area (TPSA) is 90.5 Å². The van der Waals surface area contributed by atoms with Gasteiger partial charge < -0.3 is 15.5 Å². The number of aromatic nitrogens is 2. The Morgan fingerprint density at radius 3 is 2.59 bits per heavy atom. The molecule has 2 aliphatic rings. The molecule has 3 aromatic rings. The number of benzene rings is 2. The minimum Gasteiger partial charge on any atom is -0.358 e. The van der Waals surface area contributed by atoms with E-state index in [4.69, 9.17) is 9.97 Å². The molecular weight excluding hydrogens is 428 g/mol. The number of piperazine rings is 1. The Hall–Kier alpha value is -3.52. The maximum Gasteiger partial charge on any atom is 0.244 e. The lowest BCUT2D eigenvalue weighted by Crippen LogP contribution is -2.63. The largest absolute Gasteiger partial charge is 0.358 e. The van der Waals surface area contributed by atoms with Crippen LogP contribution in [0.3, 0.4) is 0 Å². The molecule has 2 aliphatic heterocycles. The first-order chi connectivity index (χ1) is 16.5. The Balaban J connectivity index is 1.43. The maximum absolute atomic E-state index is 13.4. The van der Waals surface area contributed by atoms with E-state index in [1.54, 1.807) is 0 Å². The minimum atomic E-state index is -0.457. The summed E-state index contributed by atoms with van der Waals surface area (Å²) in [6.45, 7) is 6.20. The van der Waals surface area contributed by atoms with Gasteiger partial charge in [-0.15, -0.1) is 0 Å². The number of hydrogen-bond acceptors (Lipinski definition) is 6. The van der Waals surface area contributed by atoms with Crippen LogP contribution in [-0.4, -0.2) is 63.4 Å². The zero-order valence-corrected chi connectivity index (χ0v) is 19.6. The Morgan fingerprint density at radius 1 is 1.03 bits per heavy atom. The van der Waals surface area contributed by atoms with Crippen molar-refractivity contribution in [1.29, 1.82) is 0 Å². The van der Waals surface area contributed by atoms with Crippen LogP contribution < -0.4 is 10.6 Å². The summed E-state index contributed by atoms with van der Waals surface area (Å²) < 4.78 is 0. The van der Waals surface area contributed by atoms with Crippen molar-refractivity contribution in [3.63, 3.8) is 0 Å². The lowest BCUT2D eigenvalue weighted by molar-refractivity contribution is -0.136. The van der Waals surface area contributed by atoms with Crippen molar-refractivity contribution in [2.75, 3.05) is 25.0 Å². The van der Waals surface area contributed by atoms with E-state index in [1.165, 1.54) is 0 Å². The van der Waals surface area contributed by atoms with Gasteiger partial charge in [0.15, 0.2) is 0 Å². The van der Waals surface area contributed by atoms with Crippen LogP contribution in [0.25, 0.3) is 10.9 Å². The number of fused-ring (bicyclic) bond motifs is 5. The van der Waals surface area contributed by atoms with Gasteiger partial charge in [0.05, 0.1) is 25.0 Å². The number of nitrogens with zero attached hydrogens (tertiary/aromatic N) is 4. The fourth-order valence-corrected chi connectivity index (χ4v) is 4.68. The van der Waals surface area contributed by atoms with E-state index in [0.29, 0.717) is 44.2 Å². The van der Waals surface area contributed by atoms with Gasteiger partial charge in [-0.05, 0) is 23.6 Å². The molecule has 1 unspecified atom stereocenters. The smallest absolute Gasteiger partial charge is 0.244 e. The van der Waals surface area contributed by atoms with Gasteiger partial charge in [-0.25, -0.2) is 9.97 Å². The summed E-state index contributed by atoms with van der Waals surface area (Å²) in [5.41, 5.74) is 1.85. The molecule has 2 aromatic carbocycles. The van der Waals surface area contributed by atoms with E-state index in [9.17, 15) is 9.59 Å². The quantitative estimate of drug-likeness (QED) is 0.627. The number of amides is 2.